The minimum Gasteiger partial charge on any atom is -1.00 e. The van der Waals surface area contributed by atoms with E-state index in [0.29, 0.717) is 0 Å². The van der Waals surface area contributed by atoms with Crippen LogP contribution < -0.4 is 24.0 Å². The van der Waals surface area contributed by atoms with Crippen molar-refractivity contribution in [3.63, 3.8) is 0 Å². The van der Waals surface area contributed by atoms with E-state index in [9.17, 15) is 0 Å². The van der Waals surface area contributed by atoms with Gasteiger partial charge < -0.3 is 24.0 Å². The summed E-state index contributed by atoms with van der Waals surface area (Å²) in [6.07, 6.45) is 34.4. The molecule has 2 heteroatoms. The zero-order chi connectivity index (χ0) is 20.8. The Labute approximate surface area is 204 Å². The lowest BCUT2D eigenvalue weighted by Crippen LogP contribution is -3.00. The molecule has 0 bridgehead atoms. The number of rotatable bonds is 23. The summed E-state index contributed by atoms with van der Waals surface area (Å²) in [4.78, 5) is 0. The number of hydrogen-bond acceptors (Lipinski definition) is 0. The van der Waals surface area contributed by atoms with Crippen molar-refractivity contribution in [1.82, 2.24) is 0 Å². The Balaban J connectivity index is 0. The van der Waals surface area contributed by atoms with E-state index in [0.717, 1.165) is 0 Å². The molecular weight excluding hydrogens is 482 g/mol. The average molecular weight is 541 g/mol. The third-order valence-corrected chi connectivity index (χ3v) is 12.0. The van der Waals surface area contributed by atoms with Gasteiger partial charge >= 0.3 is 0 Å². The van der Waals surface area contributed by atoms with Gasteiger partial charge in [0.2, 0.25) is 0 Å². The Morgan fingerprint density at radius 2 is 0.586 bits per heavy atom. The van der Waals surface area contributed by atoms with Crippen molar-refractivity contribution in [3.8, 4) is 0 Å². The lowest BCUT2D eigenvalue weighted by atomic mass is 10.0. The van der Waals surface area contributed by atoms with Gasteiger partial charge in [-0.15, -0.1) is 0 Å². The first-order valence-corrected chi connectivity index (χ1v) is 16.1. The fourth-order valence-electron chi connectivity index (χ4n) is 5.09. The van der Waals surface area contributed by atoms with Crippen molar-refractivity contribution in [3.05, 3.63) is 0 Å². The first-order chi connectivity index (χ1) is 13.7. The SMILES string of the molecule is CCCCCCCCCCCCCCCCCC[P+](CCC)(CCC)CCC.[I-]. The zero-order valence-corrected chi connectivity index (χ0v) is 24.1. The zero-order valence-electron chi connectivity index (χ0n) is 21.1. The molecule has 0 aromatic rings. The van der Waals surface area contributed by atoms with E-state index < -0.39 is 7.26 Å². The molecule has 0 radical (unpaired) electrons. The van der Waals surface area contributed by atoms with Gasteiger partial charge in [0, 0.05) is 7.26 Å². The second kappa shape index (κ2) is 25.4. The normalized spacial score (nSPS) is 11.6. The molecule has 0 amide bonds. The maximum Gasteiger partial charge on any atom is 0.0594 e. The van der Waals surface area contributed by atoms with Crippen LogP contribution in [-0.4, -0.2) is 24.6 Å². The number of unbranched alkanes of at least 4 members (excludes halogenated alkanes) is 15. The molecule has 0 fully saturated rings. The summed E-state index contributed by atoms with van der Waals surface area (Å²) in [6, 6.07) is 0. The highest BCUT2D eigenvalue weighted by Gasteiger charge is 2.33. The molecule has 0 nitrogen and oxygen atoms in total. The second-order valence-electron chi connectivity index (χ2n) is 9.54. The highest BCUT2D eigenvalue weighted by molar-refractivity contribution is 7.75. The molecule has 0 aromatic heterocycles. The van der Waals surface area contributed by atoms with Crippen LogP contribution in [0.2, 0.25) is 0 Å². The van der Waals surface area contributed by atoms with Gasteiger partial charge in [-0.2, -0.15) is 0 Å². The molecule has 0 N–H and O–H groups in total. The summed E-state index contributed by atoms with van der Waals surface area (Å²) in [5.74, 6) is 0. The monoisotopic (exact) mass is 540 g/mol. The Bertz CT molecular complexity index is 275. The van der Waals surface area contributed by atoms with Gasteiger partial charge in [0.15, 0.2) is 0 Å². The summed E-state index contributed by atoms with van der Waals surface area (Å²) in [5.41, 5.74) is 0. The van der Waals surface area contributed by atoms with E-state index in [2.05, 4.69) is 27.7 Å². The van der Waals surface area contributed by atoms with Crippen molar-refractivity contribution >= 4 is 7.26 Å². The van der Waals surface area contributed by atoms with E-state index in [1.807, 2.05) is 0 Å². The van der Waals surface area contributed by atoms with Crippen molar-refractivity contribution < 1.29 is 24.0 Å². The third-order valence-electron chi connectivity index (χ3n) is 6.58. The molecule has 0 atom stereocenters. The van der Waals surface area contributed by atoms with Gasteiger partial charge in [-0.1, -0.05) is 118 Å². The highest BCUT2D eigenvalue weighted by atomic mass is 127. The largest absolute Gasteiger partial charge is 1.00 e. The van der Waals surface area contributed by atoms with E-state index in [-0.39, 0.29) is 24.0 Å². The quantitative estimate of drug-likeness (QED) is 0.0715. The fraction of sp³-hybridized carbons (Fsp3) is 1.00. The average Bonchev–Trinajstić information content (AvgIpc) is 2.68. The molecule has 0 heterocycles. The van der Waals surface area contributed by atoms with Crippen LogP contribution in [0.5, 0.6) is 0 Å². The van der Waals surface area contributed by atoms with Crippen LogP contribution >= 0.6 is 7.26 Å². The van der Waals surface area contributed by atoms with Crippen LogP contribution in [0.1, 0.15) is 150 Å². The highest BCUT2D eigenvalue weighted by Crippen LogP contribution is 2.60. The molecule has 0 aliphatic rings. The minimum absolute atomic E-state index is 0. The summed E-state index contributed by atoms with van der Waals surface area (Å²) >= 11 is 0. The maximum atomic E-state index is 2.41. The van der Waals surface area contributed by atoms with Crippen LogP contribution in [0, 0.1) is 0 Å². The van der Waals surface area contributed by atoms with Gasteiger partial charge in [0.1, 0.15) is 0 Å². The Kier molecular flexibility index (Phi) is 28.3. The van der Waals surface area contributed by atoms with Crippen molar-refractivity contribution in [2.24, 2.45) is 0 Å². The van der Waals surface area contributed by atoms with Crippen molar-refractivity contribution in [2.75, 3.05) is 24.6 Å². The van der Waals surface area contributed by atoms with Crippen LogP contribution in [-0.2, 0) is 0 Å². The maximum absolute atomic E-state index is 2.41. The molecule has 0 aromatic carbocycles. The smallest absolute Gasteiger partial charge is 0.0594 e. The topological polar surface area (TPSA) is 0 Å². The van der Waals surface area contributed by atoms with Crippen LogP contribution in [0.25, 0.3) is 0 Å². The van der Waals surface area contributed by atoms with Gasteiger partial charge in [-0.25, -0.2) is 0 Å². The molecule has 0 saturated heterocycles. The van der Waals surface area contributed by atoms with Gasteiger partial charge in [-0.3, -0.25) is 0 Å². The molecule has 0 spiro atoms. The predicted molar refractivity (Wildman–Crippen MR) is 137 cm³/mol. The molecule has 0 rings (SSSR count). The van der Waals surface area contributed by atoms with Gasteiger partial charge in [-0.05, 0) is 32.1 Å². The van der Waals surface area contributed by atoms with Gasteiger partial charge in [0.05, 0.1) is 24.6 Å². The molecule has 0 saturated carbocycles. The summed E-state index contributed by atoms with van der Waals surface area (Å²) in [7, 11) is -0.584. The number of hydrogen-bond donors (Lipinski definition) is 0. The summed E-state index contributed by atoms with van der Waals surface area (Å²) < 4.78 is 0. The minimum atomic E-state index is -0.584. The Morgan fingerprint density at radius 1 is 0.310 bits per heavy atom. The number of halogens is 1. The fourth-order valence-corrected chi connectivity index (χ4v) is 10.2. The first-order valence-electron chi connectivity index (χ1n) is 13.6. The van der Waals surface area contributed by atoms with E-state index in [1.165, 1.54) is 122 Å². The molecule has 0 aliphatic heterocycles. The molecule has 0 aliphatic carbocycles. The van der Waals surface area contributed by atoms with Crippen molar-refractivity contribution in [2.45, 2.75) is 150 Å². The lowest BCUT2D eigenvalue weighted by molar-refractivity contribution is -0.00000648. The van der Waals surface area contributed by atoms with E-state index in [4.69, 9.17) is 0 Å². The van der Waals surface area contributed by atoms with E-state index >= 15 is 0 Å². The van der Waals surface area contributed by atoms with Crippen molar-refractivity contribution in [1.29, 1.82) is 0 Å². The second-order valence-corrected chi connectivity index (χ2v) is 14.0. The van der Waals surface area contributed by atoms with Crippen LogP contribution in [0.4, 0.5) is 0 Å². The Morgan fingerprint density at radius 3 is 0.862 bits per heavy atom. The third kappa shape index (κ3) is 20.8. The first kappa shape index (κ1) is 32.3. The predicted octanol–water partition coefficient (Wildman–Crippen LogP) is 7.50. The molecule has 178 valence electrons. The van der Waals surface area contributed by atoms with Crippen LogP contribution in [0.15, 0.2) is 0 Å². The lowest BCUT2D eigenvalue weighted by Gasteiger charge is -2.27. The van der Waals surface area contributed by atoms with E-state index in [1.54, 1.807) is 24.6 Å². The summed E-state index contributed by atoms with van der Waals surface area (Å²) in [5, 5.41) is 0. The summed E-state index contributed by atoms with van der Waals surface area (Å²) in [6.45, 7) is 9.54. The molecular formula is C27H58IP. The van der Waals surface area contributed by atoms with Crippen LogP contribution in [0.3, 0.4) is 0 Å². The standard InChI is InChI=1S/C27H58P.HI/c1-5-9-10-11-12-13-14-15-16-17-18-19-20-21-22-23-27-28(24-6-2,25-7-3)26-8-4;/h5-27H2,1-4H3;1H/q+1;/p-1. The van der Waals surface area contributed by atoms with Gasteiger partial charge in [0.25, 0.3) is 0 Å². The molecule has 29 heavy (non-hydrogen) atoms. The Hall–Kier alpha value is 1.16. The molecule has 0 unspecified atom stereocenters.